The molecule has 1 aliphatic heterocycles. The van der Waals surface area contributed by atoms with Crippen molar-refractivity contribution in [3.63, 3.8) is 0 Å². The number of piperidine rings is 1. The first-order chi connectivity index (χ1) is 7.63. The lowest BCUT2D eigenvalue weighted by molar-refractivity contribution is -0.133. The summed E-state index contributed by atoms with van der Waals surface area (Å²) in [7, 11) is 0. The first kappa shape index (κ1) is 13.1. The molecule has 0 atom stereocenters. The second-order valence-electron chi connectivity index (χ2n) is 4.93. The summed E-state index contributed by atoms with van der Waals surface area (Å²) in [5.41, 5.74) is 0. The van der Waals surface area contributed by atoms with Crippen LogP contribution in [0.1, 0.15) is 46.5 Å². The van der Waals surface area contributed by atoms with Gasteiger partial charge in [0.2, 0.25) is 5.91 Å². The number of hydrogen-bond donors (Lipinski definition) is 0. The van der Waals surface area contributed by atoms with Crippen molar-refractivity contribution in [3.8, 4) is 11.8 Å². The van der Waals surface area contributed by atoms with Crippen LogP contribution in [0.4, 0.5) is 0 Å². The quantitative estimate of drug-likeness (QED) is 0.656. The summed E-state index contributed by atoms with van der Waals surface area (Å²) >= 11 is 0. The van der Waals surface area contributed by atoms with Gasteiger partial charge in [-0.25, -0.2) is 0 Å². The van der Waals surface area contributed by atoms with E-state index >= 15 is 0 Å². The third-order valence-electron chi connectivity index (χ3n) is 2.91. The smallest absolute Gasteiger partial charge is 0.222 e. The molecule has 0 aromatic heterocycles. The molecule has 0 aromatic carbocycles. The number of hydrogen-bond acceptors (Lipinski definition) is 1. The van der Waals surface area contributed by atoms with Crippen LogP contribution >= 0.6 is 0 Å². The fourth-order valence-electron chi connectivity index (χ4n) is 2.00. The zero-order chi connectivity index (χ0) is 12.0. The molecule has 0 aliphatic carbocycles. The highest BCUT2D eigenvalue weighted by atomic mass is 16.2. The molecular formula is C14H23NO. The Bertz CT molecular complexity index is 277. The van der Waals surface area contributed by atoms with Crippen LogP contribution in [0, 0.1) is 23.7 Å². The van der Waals surface area contributed by atoms with Crippen LogP contribution in [0.25, 0.3) is 0 Å². The van der Waals surface area contributed by atoms with Gasteiger partial charge in [-0.3, -0.25) is 4.79 Å². The van der Waals surface area contributed by atoms with Crippen molar-refractivity contribution in [1.29, 1.82) is 0 Å². The van der Waals surface area contributed by atoms with Gasteiger partial charge in [0.15, 0.2) is 0 Å². The molecule has 0 N–H and O–H groups in total. The average Bonchev–Trinajstić information content (AvgIpc) is 2.26. The highest BCUT2D eigenvalue weighted by Crippen LogP contribution is 2.17. The van der Waals surface area contributed by atoms with Crippen LogP contribution in [-0.4, -0.2) is 23.9 Å². The predicted octanol–water partition coefficient (Wildman–Crippen LogP) is 2.68. The number of carbonyl (C=O) groups excluding carboxylic acids is 1. The second kappa shape index (κ2) is 6.58. The maximum absolute atomic E-state index is 11.8. The lowest BCUT2D eigenvalue weighted by Crippen LogP contribution is -2.38. The molecule has 1 amide bonds. The minimum absolute atomic E-state index is 0.317. The Morgan fingerprint density at radius 2 is 2.00 bits per heavy atom. The molecule has 16 heavy (non-hydrogen) atoms. The molecule has 2 nitrogen and oxygen atoms in total. The van der Waals surface area contributed by atoms with Gasteiger partial charge in [-0.1, -0.05) is 26.7 Å². The molecule has 1 heterocycles. The van der Waals surface area contributed by atoms with Gasteiger partial charge in [0.1, 0.15) is 0 Å². The zero-order valence-corrected chi connectivity index (χ0v) is 10.8. The van der Waals surface area contributed by atoms with Gasteiger partial charge < -0.3 is 4.90 Å². The van der Waals surface area contributed by atoms with Crippen molar-refractivity contribution in [1.82, 2.24) is 4.90 Å². The van der Waals surface area contributed by atoms with Crippen molar-refractivity contribution >= 4 is 5.91 Å². The zero-order valence-electron chi connectivity index (χ0n) is 10.8. The monoisotopic (exact) mass is 221 g/mol. The third-order valence-corrected chi connectivity index (χ3v) is 2.91. The first-order valence-corrected chi connectivity index (χ1v) is 6.39. The molecule has 1 saturated heterocycles. The summed E-state index contributed by atoms with van der Waals surface area (Å²) in [6, 6.07) is 0. The summed E-state index contributed by atoms with van der Waals surface area (Å²) in [6.45, 7) is 8.06. The molecule has 1 rings (SSSR count). The fourth-order valence-corrected chi connectivity index (χ4v) is 2.00. The Labute approximate surface area is 99.4 Å². The average molecular weight is 221 g/mol. The van der Waals surface area contributed by atoms with E-state index in [1.165, 1.54) is 0 Å². The molecule has 0 saturated carbocycles. The van der Waals surface area contributed by atoms with Crippen molar-refractivity contribution in [2.45, 2.75) is 46.5 Å². The van der Waals surface area contributed by atoms with E-state index in [1.54, 1.807) is 0 Å². The highest BCUT2D eigenvalue weighted by Gasteiger charge is 2.21. The minimum atomic E-state index is 0.317. The van der Waals surface area contributed by atoms with E-state index in [0.29, 0.717) is 24.2 Å². The minimum Gasteiger partial charge on any atom is -0.343 e. The maximum atomic E-state index is 11.8. The van der Waals surface area contributed by atoms with Gasteiger partial charge >= 0.3 is 0 Å². The van der Waals surface area contributed by atoms with Gasteiger partial charge in [-0.05, 0) is 18.8 Å². The SMILES string of the molecule is CCC#CC1CCN(C(=O)CC(C)C)CC1. The Kier molecular flexibility index (Phi) is 5.38. The molecule has 1 aliphatic rings. The van der Waals surface area contributed by atoms with Gasteiger partial charge in [0.05, 0.1) is 0 Å². The summed E-state index contributed by atoms with van der Waals surface area (Å²) in [6.07, 6.45) is 3.73. The van der Waals surface area contributed by atoms with Crippen molar-refractivity contribution < 1.29 is 4.79 Å². The van der Waals surface area contributed by atoms with Crippen molar-refractivity contribution in [3.05, 3.63) is 0 Å². The van der Waals surface area contributed by atoms with E-state index in [2.05, 4.69) is 32.6 Å². The topological polar surface area (TPSA) is 20.3 Å². The molecular weight excluding hydrogens is 198 g/mol. The Hall–Kier alpha value is -0.970. The number of rotatable bonds is 2. The number of carbonyl (C=O) groups is 1. The molecule has 1 fully saturated rings. The number of amides is 1. The Morgan fingerprint density at radius 1 is 1.38 bits per heavy atom. The van der Waals surface area contributed by atoms with Crippen LogP contribution < -0.4 is 0 Å². The summed E-state index contributed by atoms with van der Waals surface area (Å²) < 4.78 is 0. The standard InChI is InChI=1S/C14H23NO/c1-4-5-6-13-7-9-15(10-8-13)14(16)11-12(2)3/h12-13H,4,7-11H2,1-3H3. The molecule has 0 unspecified atom stereocenters. The van der Waals surface area contributed by atoms with Crippen LogP contribution in [0.2, 0.25) is 0 Å². The van der Waals surface area contributed by atoms with Gasteiger partial charge in [0.25, 0.3) is 0 Å². The second-order valence-corrected chi connectivity index (χ2v) is 4.93. The van der Waals surface area contributed by atoms with Gasteiger partial charge in [-0.2, -0.15) is 0 Å². The highest BCUT2D eigenvalue weighted by molar-refractivity contribution is 5.76. The summed E-state index contributed by atoms with van der Waals surface area (Å²) in [5.74, 6) is 7.72. The molecule has 0 spiro atoms. The van der Waals surface area contributed by atoms with Crippen molar-refractivity contribution in [2.75, 3.05) is 13.1 Å². The largest absolute Gasteiger partial charge is 0.343 e. The molecule has 90 valence electrons. The van der Waals surface area contributed by atoms with Crippen LogP contribution in [0.5, 0.6) is 0 Å². The normalized spacial score (nSPS) is 17.1. The fraction of sp³-hybridized carbons (Fsp3) is 0.786. The van der Waals surface area contributed by atoms with E-state index in [-0.39, 0.29) is 0 Å². The molecule has 0 radical (unpaired) electrons. The van der Waals surface area contributed by atoms with E-state index in [1.807, 2.05) is 4.90 Å². The Balaban J connectivity index is 2.34. The van der Waals surface area contributed by atoms with Crippen molar-refractivity contribution in [2.24, 2.45) is 11.8 Å². The van der Waals surface area contributed by atoms with E-state index in [9.17, 15) is 4.79 Å². The van der Waals surface area contributed by atoms with E-state index in [0.717, 1.165) is 32.4 Å². The first-order valence-electron chi connectivity index (χ1n) is 6.39. The number of nitrogens with zero attached hydrogens (tertiary/aromatic N) is 1. The Morgan fingerprint density at radius 3 is 2.50 bits per heavy atom. The summed E-state index contributed by atoms with van der Waals surface area (Å²) in [4.78, 5) is 13.8. The molecule has 0 aromatic rings. The lowest BCUT2D eigenvalue weighted by atomic mass is 9.96. The maximum Gasteiger partial charge on any atom is 0.222 e. The molecule has 2 heteroatoms. The van der Waals surface area contributed by atoms with E-state index in [4.69, 9.17) is 0 Å². The van der Waals surface area contributed by atoms with Crippen LogP contribution in [0.15, 0.2) is 0 Å². The summed E-state index contributed by atoms with van der Waals surface area (Å²) in [5, 5.41) is 0. The lowest BCUT2D eigenvalue weighted by Gasteiger charge is -2.30. The predicted molar refractivity (Wildman–Crippen MR) is 66.8 cm³/mol. The number of likely N-dealkylation sites (tertiary alicyclic amines) is 1. The molecule has 0 bridgehead atoms. The van der Waals surface area contributed by atoms with Crippen LogP contribution in [0.3, 0.4) is 0 Å². The van der Waals surface area contributed by atoms with Gasteiger partial charge in [-0.15, -0.1) is 5.92 Å². The third kappa shape index (κ3) is 4.26. The van der Waals surface area contributed by atoms with Gasteiger partial charge in [0, 0.05) is 31.8 Å². The van der Waals surface area contributed by atoms with Crippen LogP contribution in [-0.2, 0) is 4.79 Å². The van der Waals surface area contributed by atoms with E-state index < -0.39 is 0 Å².